The van der Waals surface area contributed by atoms with Gasteiger partial charge in [0.15, 0.2) is 11.5 Å². The smallest absolute Gasteiger partial charge is 0.162 e. The summed E-state index contributed by atoms with van der Waals surface area (Å²) in [5.41, 5.74) is 7.42. The van der Waals surface area contributed by atoms with E-state index in [9.17, 15) is 0 Å². The predicted molar refractivity (Wildman–Crippen MR) is 71.0 cm³/mol. The quantitative estimate of drug-likeness (QED) is 0.843. The van der Waals surface area contributed by atoms with Crippen molar-refractivity contribution in [3.63, 3.8) is 0 Å². The van der Waals surface area contributed by atoms with Crippen molar-refractivity contribution in [3.05, 3.63) is 30.0 Å². The van der Waals surface area contributed by atoms with Gasteiger partial charge in [-0.05, 0) is 18.2 Å². The zero-order valence-electron chi connectivity index (χ0n) is 10.8. The summed E-state index contributed by atoms with van der Waals surface area (Å²) in [7, 11) is 3.18. The van der Waals surface area contributed by atoms with E-state index in [1.807, 2.05) is 25.1 Å². The maximum absolute atomic E-state index is 6.01. The van der Waals surface area contributed by atoms with Crippen LogP contribution in [0.2, 0.25) is 0 Å². The molecular formula is C14H17NO3. The summed E-state index contributed by atoms with van der Waals surface area (Å²) >= 11 is 0. The Bertz CT molecular complexity index is 546. The molecule has 18 heavy (non-hydrogen) atoms. The lowest BCUT2D eigenvalue weighted by Crippen LogP contribution is -1.95. The maximum atomic E-state index is 6.01. The van der Waals surface area contributed by atoms with Gasteiger partial charge < -0.3 is 19.6 Å². The number of nitrogens with two attached hydrogens (primary N) is 1. The minimum Gasteiger partial charge on any atom is -0.493 e. The highest BCUT2D eigenvalue weighted by Gasteiger charge is 2.13. The molecule has 0 aliphatic rings. The predicted octanol–water partition coefficient (Wildman–Crippen LogP) is 3.11. The molecule has 0 aliphatic heterocycles. The number of nitrogen functional groups attached to an aromatic ring is 1. The Labute approximate surface area is 106 Å². The van der Waals surface area contributed by atoms with E-state index < -0.39 is 0 Å². The average Bonchev–Trinajstić information content (AvgIpc) is 2.86. The number of methoxy groups -OCH3 is 2. The van der Waals surface area contributed by atoms with Gasteiger partial charge in [-0.25, -0.2) is 0 Å². The van der Waals surface area contributed by atoms with Crippen molar-refractivity contribution in [1.82, 2.24) is 0 Å². The molecule has 4 heteroatoms. The Kier molecular flexibility index (Phi) is 3.46. The van der Waals surface area contributed by atoms with Crippen molar-refractivity contribution in [2.75, 3.05) is 20.0 Å². The molecule has 0 aliphatic carbocycles. The topological polar surface area (TPSA) is 57.6 Å². The summed E-state index contributed by atoms with van der Waals surface area (Å²) in [6.45, 7) is 2.04. The van der Waals surface area contributed by atoms with Crippen LogP contribution >= 0.6 is 0 Å². The van der Waals surface area contributed by atoms with Crippen molar-refractivity contribution in [2.45, 2.75) is 13.3 Å². The third-order valence-corrected chi connectivity index (χ3v) is 2.83. The molecule has 2 rings (SSSR count). The van der Waals surface area contributed by atoms with E-state index in [0.29, 0.717) is 17.2 Å². The lowest BCUT2D eigenvalue weighted by molar-refractivity contribution is 0.355. The minimum atomic E-state index is 0.602. The van der Waals surface area contributed by atoms with Crippen LogP contribution in [0.15, 0.2) is 28.7 Å². The van der Waals surface area contributed by atoms with E-state index >= 15 is 0 Å². The summed E-state index contributed by atoms with van der Waals surface area (Å²) in [5.74, 6) is 2.92. The molecule has 1 aromatic heterocycles. The molecule has 0 spiro atoms. The SMILES string of the molecule is CCc1ccc(-c2cc(OC)c(OC)cc2N)o1. The molecule has 0 saturated carbocycles. The summed E-state index contributed by atoms with van der Waals surface area (Å²) in [5, 5.41) is 0. The molecular weight excluding hydrogens is 230 g/mol. The number of anilines is 1. The Morgan fingerprint density at radius 3 is 2.33 bits per heavy atom. The highest BCUT2D eigenvalue weighted by Crippen LogP contribution is 2.37. The highest BCUT2D eigenvalue weighted by molar-refractivity contribution is 5.77. The van der Waals surface area contributed by atoms with E-state index in [1.165, 1.54) is 0 Å². The standard InChI is InChI=1S/C14H17NO3/c1-4-9-5-6-12(18-9)10-7-13(16-2)14(17-3)8-11(10)15/h5-8H,4,15H2,1-3H3. The summed E-state index contributed by atoms with van der Waals surface area (Å²) < 4.78 is 16.2. The fourth-order valence-electron chi connectivity index (χ4n) is 1.82. The lowest BCUT2D eigenvalue weighted by atomic mass is 10.1. The monoisotopic (exact) mass is 247 g/mol. The van der Waals surface area contributed by atoms with Gasteiger partial charge in [0.05, 0.1) is 14.2 Å². The van der Waals surface area contributed by atoms with Gasteiger partial charge in [-0.2, -0.15) is 0 Å². The molecule has 0 amide bonds. The van der Waals surface area contributed by atoms with Gasteiger partial charge in [0.25, 0.3) is 0 Å². The largest absolute Gasteiger partial charge is 0.493 e. The van der Waals surface area contributed by atoms with Crippen molar-refractivity contribution in [2.24, 2.45) is 0 Å². The summed E-state index contributed by atoms with van der Waals surface area (Å²) in [4.78, 5) is 0. The third-order valence-electron chi connectivity index (χ3n) is 2.83. The normalized spacial score (nSPS) is 10.4. The van der Waals surface area contributed by atoms with Crippen LogP contribution < -0.4 is 15.2 Å². The molecule has 0 unspecified atom stereocenters. The van der Waals surface area contributed by atoms with Crippen molar-refractivity contribution < 1.29 is 13.9 Å². The van der Waals surface area contributed by atoms with E-state index in [0.717, 1.165) is 23.5 Å². The van der Waals surface area contributed by atoms with E-state index in [1.54, 1.807) is 20.3 Å². The number of hydrogen-bond acceptors (Lipinski definition) is 4. The molecule has 0 fully saturated rings. The third kappa shape index (κ3) is 2.14. The second-order valence-electron chi connectivity index (χ2n) is 3.91. The number of hydrogen-bond donors (Lipinski definition) is 1. The van der Waals surface area contributed by atoms with E-state index in [2.05, 4.69) is 0 Å². The van der Waals surface area contributed by atoms with Gasteiger partial charge in [0, 0.05) is 23.7 Å². The van der Waals surface area contributed by atoms with Crippen molar-refractivity contribution >= 4 is 5.69 Å². The van der Waals surface area contributed by atoms with Gasteiger partial charge >= 0.3 is 0 Å². The Morgan fingerprint density at radius 1 is 1.11 bits per heavy atom. The second-order valence-corrected chi connectivity index (χ2v) is 3.91. The Morgan fingerprint density at radius 2 is 1.78 bits per heavy atom. The van der Waals surface area contributed by atoms with Crippen LogP contribution in [0, 0.1) is 0 Å². The lowest BCUT2D eigenvalue weighted by Gasteiger charge is -2.11. The first-order valence-corrected chi connectivity index (χ1v) is 5.80. The first kappa shape index (κ1) is 12.4. The van der Waals surface area contributed by atoms with Crippen molar-refractivity contribution in [1.29, 1.82) is 0 Å². The number of ether oxygens (including phenoxy) is 2. The first-order chi connectivity index (χ1) is 8.69. The Balaban J connectivity index is 2.50. The highest BCUT2D eigenvalue weighted by atomic mass is 16.5. The summed E-state index contributed by atoms with van der Waals surface area (Å²) in [6, 6.07) is 7.43. The van der Waals surface area contributed by atoms with Crippen molar-refractivity contribution in [3.8, 4) is 22.8 Å². The molecule has 2 N–H and O–H groups in total. The second kappa shape index (κ2) is 5.04. The van der Waals surface area contributed by atoms with E-state index in [-0.39, 0.29) is 0 Å². The van der Waals surface area contributed by atoms with Crippen LogP contribution in [-0.4, -0.2) is 14.2 Å². The molecule has 0 saturated heterocycles. The van der Waals surface area contributed by atoms with Gasteiger partial charge in [-0.15, -0.1) is 0 Å². The minimum absolute atomic E-state index is 0.602. The number of benzene rings is 1. The zero-order valence-corrected chi connectivity index (χ0v) is 10.8. The first-order valence-electron chi connectivity index (χ1n) is 5.80. The van der Waals surface area contributed by atoms with Gasteiger partial charge in [-0.1, -0.05) is 6.92 Å². The molecule has 2 aromatic rings. The molecule has 96 valence electrons. The van der Waals surface area contributed by atoms with Crippen LogP contribution in [0.4, 0.5) is 5.69 Å². The molecule has 0 atom stereocenters. The number of furan rings is 1. The number of rotatable bonds is 4. The van der Waals surface area contributed by atoms with Crippen LogP contribution in [0.1, 0.15) is 12.7 Å². The molecule has 1 aromatic carbocycles. The maximum Gasteiger partial charge on any atom is 0.162 e. The molecule has 0 radical (unpaired) electrons. The fraction of sp³-hybridized carbons (Fsp3) is 0.286. The van der Waals surface area contributed by atoms with Gasteiger partial charge in [-0.3, -0.25) is 0 Å². The Hall–Kier alpha value is -2.10. The molecule has 0 bridgehead atoms. The fourth-order valence-corrected chi connectivity index (χ4v) is 1.82. The van der Waals surface area contributed by atoms with Crippen LogP contribution in [-0.2, 0) is 6.42 Å². The number of aryl methyl sites for hydroxylation is 1. The zero-order chi connectivity index (χ0) is 13.1. The van der Waals surface area contributed by atoms with Gasteiger partial charge in [0.1, 0.15) is 11.5 Å². The van der Waals surface area contributed by atoms with Crippen LogP contribution in [0.25, 0.3) is 11.3 Å². The van der Waals surface area contributed by atoms with E-state index in [4.69, 9.17) is 19.6 Å². The molecule has 4 nitrogen and oxygen atoms in total. The van der Waals surface area contributed by atoms with Crippen LogP contribution in [0.3, 0.4) is 0 Å². The molecule has 1 heterocycles. The average molecular weight is 247 g/mol. The summed E-state index contributed by atoms with van der Waals surface area (Å²) in [6.07, 6.45) is 0.854. The van der Waals surface area contributed by atoms with Gasteiger partial charge in [0.2, 0.25) is 0 Å². The van der Waals surface area contributed by atoms with Crippen LogP contribution in [0.5, 0.6) is 11.5 Å².